The van der Waals surface area contributed by atoms with Gasteiger partial charge in [-0.15, -0.1) is 0 Å². The molecule has 0 aliphatic rings. The lowest BCUT2D eigenvalue weighted by Gasteiger charge is -2.29. The summed E-state index contributed by atoms with van der Waals surface area (Å²) in [6.45, 7) is 0.172. The van der Waals surface area contributed by atoms with Crippen molar-refractivity contribution in [3.05, 3.63) is 35.6 Å². The van der Waals surface area contributed by atoms with E-state index in [0.29, 0.717) is 5.56 Å². The Morgan fingerprint density at radius 3 is 2.07 bits per heavy atom. The zero-order chi connectivity index (χ0) is 10.6. The zero-order valence-electron chi connectivity index (χ0n) is 8.29. The van der Waals surface area contributed by atoms with Gasteiger partial charge in [0.15, 0.2) is 0 Å². The molecule has 3 nitrogen and oxygen atoms in total. The van der Waals surface area contributed by atoms with Crippen LogP contribution in [0.15, 0.2) is 24.3 Å². The van der Waals surface area contributed by atoms with Gasteiger partial charge >= 0.3 is 0 Å². The van der Waals surface area contributed by atoms with Crippen LogP contribution in [-0.4, -0.2) is 20.8 Å². The van der Waals surface area contributed by atoms with Crippen LogP contribution in [0.4, 0.5) is 4.39 Å². The Hall–Kier alpha value is -0.970. The summed E-state index contributed by atoms with van der Waals surface area (Å²) in [5, 5.41) is 0. The number of hydrogen-bond donors (Lipinski definition) is 1. The Balaban J connectivity index is 3.05. The van der Waals surface area contributed by atoms with E-state index in [1.165, 1.54) is 26.4 Å². The molecule has 0 atom stereocenters. The first-order valence-corrected chi connectivity index (χ1v) is 4.25. The third-order valence-corrected chi connectivity index (χ3v) is 2.21. The van der Waals surface area contributed by atoms with Crippen molar-refractivity contribution in [1.29, 1.82) is 0 Å². The highest BCUT2D eigenvalue weighted by Gasteiger charge is 2.30. The second-order valence-corrected chi connectivity index (χ2v) is 2.87. The molecular weight excluding hydrogens is 185 g/mol. The quantitative estimate of drug-likeness (QED) is 0.742. The molecule has 0 aromatic heterocycles. The summed E-state index contributed by atoms with van der Waals surface area (Å²) in [5.74, 6) is -1.28. The lowest BCUT2D eigenvalue weighted by atomic mass is 10.1. The lowest BCUT2D eigenvalue weighted by molar-refractivity contribution is -0.207. The molecule has 0 aliphatic carbocycles. The van der Waals surface area contributed by atoms with Gasteiger partial charge < -0.3 is 15.2 Å². The van der Waals surface area contributed by atoms with Crippen molar-refractivity contribution < 1.29 is 13.9 Å². The summed E-state index contributed by atoms with van der Waals surface area (Å²) in [5.41, 5.74) is 6.26. The Morgan fingerprint density at radius 1 is 1.21 bits per heavy atom. The lowest BCUT2D eigenvalue weighted by Crippen LogP contribution is -2.38. The van der Waals surface area contributed by atoms with Crippen LogP contribution in [0.5, 0.6) is 0 Å². The predicted molar refractivity (Wildman–Crippen MR) is 51.2 cm³/mol. The Labute approximate surface area is 82.6 Å². The van der Waals surface area contributed by atoms with Crippen LogP contribution in [-0.2, 0) is 15.3 Å². The third-order valence-electron chi connectivity index (χ3n) is 2.21. The Morgan fingerprint density at radius 2 is 1.71 bits per heavy atom. The zero-order valence-corrected chi connectivity index (χ0v) is 8.29. The van der Waals surface area contributed by atoms with Crippen LogP contribution in [0.2, 0.25) is 0 Å². The highest BCUT2D eigenvalue weighted by molar-refractivity contribution is 5.21. The first-order chi connectivity index (χ1) is 6.68. The number of ether oxygens (including phenoxy) is 2. The summed E-state index contributed by atoms with van der Waals surface area (Å²) in [4.78, 5) is 0. The minimum Gasteiger partial charge on any atom is -0.348 e. The molecule has 0 radical (unpaired) electrons. The third kappa shape index (κ3) is 1.92. The van der Waals surface area contributed by atoms with E-state index in [0.717, 1.165) is 0 Å². The van der Waals surface area contributed by atoms with Crippen molar-refractivity contribution in [3.8, 4) is 0 Å². The number of benzene rings is 1. The van der Waals surface area contributed by atoms with Gasteiger partial charge in [-0.1, -0.05) is 12.1 Å². The summed E-state index contributed by atoms with van der Waals surface area (Å²) < 4.78 is 23.1. The summed E-state index contributed by atoms with van der Waals surface area (Å²) in [7, 11) is 3.00. The van der Waals surface area contributed by atoms with E-state index >= 15 is 0 Å². The number of methoxy groups -OCH3 is 2. The van der Waals surface area contributed by atoms with E-state index in [9.17, 15) is 4.39 Å². The maximum Gasteiger partial charge on any atom is 0.207 e. The first-order valence-electron chi connectivity index (χ1n) is 4.25. The molecule has 0 aliphatic heterocycles. The van der Waals surface area contributed by atoms with Gasteiger partial charge in [0.1, 0.15) is 5.82 Å². The van der Waals surface area contributed by atoms with E-state index in [2.05, 4.69) is 0 Å². The molecule has 4 heteroatoms. The van der Waals surface area contributed by atoms with Crippen molar-refractivity contribution in [2.75, 3.05) is 20.8 Å². The highest BCUT2D eigenvalue weighted by atomic mass is 19.1. The minimum absolute atomic E-state index is 0.172. The second kappa shape index (κ2) is 4.50. The van der Waals surface area contributed by atoms with Crippen LogP contribution in [0.25, 0.3) is 0 Å². The van der Waals surface area contributed by atoms with Crippen molar-refractivity contribution in [3.63, 3.8) is 0 Å². The molecule has 2 N–H and O–H groups in total. The van der Waals surface area contributed by atoms with Crippen LogP contribution >= 0.6 is 0 Å². The molecule has 0 bridgehead atoms. The van der Waals surface area contributed by atoms with Gasteiger partial charge in [0, 0.05) is 19.8 Å². The van der Waals surface area contributed by atoms with Crippen LogP contribution in [0.3, 0.4) is 0 Å². The fourth-order valence-electron chi connectivity index (χ4n) is 1.31. The molecule has 14 heavy (non-hydrogen) atoms. The fourth-order valence-corrected chi connectivity index (χ4v) is 1.31. The molecule has 0 saturated carbocycles. The van der Waals surface area contributed by atoms with Crippen molar-refractivity contribution in [2.24, 2.45) is 5.73 Å². The molecule has 0 saturated heterocycles. The van der Waals surface area contributed by atoms with Gasteiger partial charge in [-0.05, 0) is 12.1 Å². The standard InChI is InChI=1S/C10H14FNO2/c1-13-10(7-12,14-2)8-3-5-9(11)6-4-8/h3-6H,7,12H2,1-2H3. The highest BCUT2D eigenvalue weighted by Crippen LogP contribution is 2.24. The number of rotatable bonds is 4. The predicted octanol–water partition coefficient (Wildman–Crippen LogP) is 1.23. The van der Waals surface area contributed by atoms with Crippen molar-refractivity contribution in [2.45, 2.75) is 5.79 Å². The van der Waals surface area contributed by atoms with E-state index < -0.39 is 5.79 Å². The maximum atomic E-state index is 12.7. The van der Waals surface area contributed by atoms with Crippen LogP contribution in [0, 0.1) is 5.82 Å². The molecule has 1 rings (SSSR count). The molecule has 0 fully saturated rings. The van der Waals surface area contributed by atoms with Gasteiger partial charge in [-0.25, -0.2) is 4.39 Å². The largest absolute Gasteiger partial charge is 0.348 e. The van der Waals surface area contributed by atoms with E-state index in [1.54, 1.807) is 12.1 Å². The van der Waals surface area contributed by atoms with E-state index in [1.807, 2.05) is 0 Å². The maximum absolute atomic E-state index is 12.7. The van der Waals surface area contributed by atoms with Gasteiger partial charge in [0.05, 0.1) is 6.54 Å². The first kappa shape index (κ1) is 11.1. The monoisotopic (exact) mass is 199 g/mol. The van der Waals surface area contributed by atoms with Crippen LogP contribution in [0.1, 0.15) is 5.56 Å². The van der Waals surface area contributed by atoms with Crippen molar-refractivity contribution in [1.82, 2.24) is 0 Å². The Kier molecular flexibility index (Phi) is 3.57. The molecule has 0 spiro atoms. The molecular formula is C10H14FNO2. The average molecular weight is 199 g/mol. The minimum atomic E-state index is -0.978. The number of nitrogens with two attached hydrogens (primary N) is 1. The summed E-state index contributed by atoms with van der Waals surface area (Å²) in [6.07, 6.45) is 0. The average Bonchev–Trinajstić information content (AvgIpc) is 2.24. The normalized spacial score (nSPS) is 11.7. The summed E-state index contributed by atoms with van der Waals surface area (Å²) in [6, 6.07) is 5.87. The Bertz CT molecular complexity index is 274. The van der Waals surface area contributed by atoms with Gasteiger partial charge in [0.25, 0.3) is 0 Å². The summed E-state index contributed by atoms with van der Waals surface area (Å²) >= 11 is 0. The van der Waals surface area contributed by atoms with Crippen LogP contribution < -0.4 is 5.73 Å². The number of hydrogen-bond acceptors (Lipinski definition) is 3. The van der Waals surface area contributed by atoms with E-state index in [-0.39, 0.29) is 12.4 Å². The molecule has 0 heterocycles. The molecule has 1 aromatic carbocycles. The smallest absolute Gasteiger partial charge is 0.207 e. The fraction of sp³-hybridized carbons (Fsp3) is 0.400. The second-order valence-electron chi connectivity index (χ2n) is 2.87. The van der Waals surface area contributed by atoms with Crippen molar-refractivity contribution >= 4 is 0 Å². The molecule has 78 valence electrons. The molecule has 0 unspecified atom stereocenters. The SMILES string of the molecule is COC(CN)(OC)c1ccc(F)cc1. The van der Waals surface area contributed by atoms with Gasteiger partial charge in [-0.2, -0.15) is 0 Å². The van der Waals surface area contributed by atoms with Gasteiger partial charge in [0.2, 0.25) is 5.79 Å². The molecule has 1 aromatic rings. The van der Waals surface area contributed by atoms with Gasteiger partial charge in [-0.3, -0.25) is 0 Å². The topological polar surface area (TPSA) is 44.5 Å². The van der Waals surface area contributed by atoms with E-state index in [4.69, 9.17) is 15.2 Å². The molecule has 0 amide bonds. The number of halogens is 1.